The third-order valence-electron chi connectivity index (χ3n) is 3.57. The summed E-state index contributed by atoms with van der Waals surface area (Å²) < 4.78 is 12.6. The van der Waals surface area contributed by atoms with Crippen molar-refractivity contribution in [3.8, 4) is 33.5 Å². The highest BCUT2D eigenvalue weighted by molar-refractivity contribution is 7.19. The van der Waals surface area contributed by atoms with Crippen molar-refractivity contribution in [2.24, 2.45) is 0 Å². The van der Waals surface area contributed by atoms with Crippen LogP contribution < -0.4 is 9.47 Å². The lowest BCUT2D eigenvalue weighted by Gasteiger charge is -2.10. The summed E-state index contributed by atoms with van der Waals surface area (Å²) in [5, 5.41) is 13.9. The topological polar surface area (TPSA) is 74.4 Å². The highest BCUT2D eigenvalue weighted by atomic mass is 32.1. The third-order valence-corrected chi connectivity index (χ3v) is 4.49. The van der Waals surface area contributed by atoms with Gasteiger partial charge in [0.05, 0.1) is 19.8 Å². The van der Waals surface area contributed by atoms with Crippen LogP contribution in [0.1, 0.15) is 0 Å². The van der Waals surface area contributed by atoms with Crippen LogP contribution in [0.25, 0.3) is 26.9 Å². The summed E-state index contributed by atoms with van der Waals surface area (Å²) >= 11 is 1.43. The van der Waals surface area contributed by atoms with E-state index in [1.54, 1.807) is 31.1 Å². The molecule has 0 aliphatic heterocycles. The summed E-state index contributed by atoms with van der Waals surface area (Å²) in [6.07, 6.45) is 3.43. The first kappa shape index (κ1) is 14.6. The minimum absolute atomic E-state index is 0.670. The van der Waals surface area contributed by atoms with Crippen LogP contribution in [0.5, 0.6) is 11.5 Å². The maximum absolute atomic E-state index is 5.46. The van der Waals surface area contributed by atoms with Crippen molar-refractivity contribution >= 4 is 16.3 Å². The standard InChI is InChI=1S/C16H13N5O2S/c1-22-11-4-3-5-12(23-2)13(11)15-20-21-14(18-19-16(21)24-15)10-6-8-17-9-7-10/h3-9H,1-2H3. The van der Waals surface area contributed by atoms with Gasteiger partial charge in [-0.15, -0.1) is 10.2 Å². The molecule has 0 aliphatic rings. The summed E-state index contributed by atoms with van der Waals surface area (Å²) in [5.74, 6) is 2.07. The molecule has 120 valence electrons. The second kappa shape index (κ2) is 5.89. The van der Waals surface area contributed by atoms with E-state index >= 15 is 0 Å². The average molecular weight is 339 g/mol. The molecule has 3 aromatic heterocycles. The molecule has 4 rings (SSSR count). The van der Waals surface area contributed by atoms with Gasteiger partial charge in [-0.25, -0.2) is 0 Å². The fourth-order valence-electron chi connectivity index (χ4n) is 2.46. The van der Waals surface area contributed by atoms with E-state index in [4.69, 9.17) is 9.47 Å². The van der Waals surface area contributed by atoms with Crippen molar-refractivity contribution in [2.75, 3.05) is 14.2 Å². The number of fused-ring (bicyclic) bond motifs is 1. The van der Waals surface area contributed by atoms with E-state index in [0.29, 0.717) is 22.3 Å². The van der Waals surface area contributed by atoms with Crippen LogP contribution in [-0.4, -0.2) is 39.0 Å². The van der Waals surface area contributed by atoms with Gasteiger partial charge in [0.25, 0.3) is 0 Å². The van der Waals surface area contributed by atoms with Gasteiger partial charge < -0.3 is 9.47 Å². The summed E-state index contributed by atoms with van der Waals surface area (Å²) in [6.45, 7) is 0. The Morgan fingerprint density at radius 1 is 0.958 bits per heavy atom. The molecule has 0 N–H and O–H groups in total. The predicted molar refractivity (Wildman–Crippen MR) is 90.4 cm³/mol. The van der Waals surface area contributed by atoms with E-state index in [1.165, 1.54) is 11.3 Å². The van der Waals surface area contributed by atoms with Crippen LogP contribution in [0.15, 0.2) is 42.7 Å². The smallest absolute Gasteiger partial charge is 0.235 e. The van der Waals surface area contributed by atoms with Crippen molar-refractivity contribution in [1.29, 1.82) is 0 Å². The van der Waals surface area contributed by atoms with E-state index in [2.05, 4.69) is 20.3 Å². The van der Waals surface area contributed by atoms with Crippen LogP contribution in [-0.2, 0) is 0 Å². The van der Waals surface area contributed by atoms with E-state index in [-0.39, 0.29) is 0 Å². The summed E-state index contributed by atoms with van der Waals surface area (Å²) in [5.41, 5.74) is 1.71. The van der Waals surface area contributed by atoms with Crippen molar-refractivity contribution in [3.05, 3.63) is 42.7 Å². The number of aromatic nitrogens is 5. The monoisotopic (exact) mass is 339 g/mol. The van der Waals surface area contributed by atoms with Crippen molar-refractivity contribution < 1.29 is 9.47 Å². The second-order valence-corrected chi connectivity index (χ2v) is 5.85. The van der Waals surface area contributed by atoms with E-state index in [9.17, 15) is 0 Å². The largest absolute Gasteiger partial charge is 0.496 e. The van der Waals surface area contributed by atoms with Gasteiger partial charge in [-0.3, -0.25) is 4.98 Å². The Bertz CT molecular complexity index is 974. The summed E-state index contributed by atoms with van der Waals surface area (Å²) in [7, 11) is 3.25. The molecule has 0 radical (unpaired) electrons. The highest BCUT2D eigenvalue weighted by Crippen LogP contribution is 2.40. The molecule has 0 unspecified atom stereocenters. The van der Waals surface area contributed by atoms with Gasteiger partial charge in [0.1, 0.15) is 11.5 Å². The van der Waals surface area contributed by atoms with Gasteiger partial charge in [0.15, 0.2) is 10.8 Å². The Kier molecular flexibility index (Phi) is 3.58. The van der Waals surface area contributed by atoms with Gasteiger partial charge >= 0.3 is 0 Å². The van der Waals surface area contributed by atoms with Gasteiger partial charge in [-0.05, 0) is 24.3 Å². The summed E-state index contributed by atoms with van der Waals surface area (Å²) in [4.78, 5) is 4.72. The molecule has 0 aliphatic carbocycles. The average Bonchev–Trinajstić information content (AvgIpc) is 3.22. The van der Waals surface area contributed by atoms with E-state index in [0.717, 1.165) is 16.1 Å². The number of benzene rings is 1. The molecule has 1 aromatic carbocycles. The zero-order valence-electron chi connectivity index (χ0n) is 13.0. The van der Waals surface area contributed by atoms with Gasteiger partial charge in [-0.1, -0.05) is 17.4 Å². The number of rotatable bonds is 4. The zero-order chi connectivity index (χ0) is 16.5. The molecule has 0 amide bonds. The van der Waals surface area contributed by atoms with Gasteiger partial charge in [0.2, 0.25) is 4.96 Å². The molecular weight excluding hydrogens is 326 g/mol. The molecule has 24 heavy (non-hydrogen) atoms. The van der Waals surface area contributed by atoms with Gasteiger partial charge in [-0.2, -0.15) is 9.61 Å². The first-order valence-corrected chi connectivity index (χ1v) is 7.97. The maximum Gasteiger partial charge on any atom is 0.235 e. The molecule has 0 spiro atoms. The Balaban J connectivity index is 1.90. The van der Waals surface area contributed by atoms with E-state index in [1.807, 2.05) is 30.3 Å². The second-order valence-electron chi connectivity index (χ2n) is 4.90. The van der Waals surface area contributed by atoms with Crippen molar-refractivity contribution in [2.45, 2.75) is 0 Å². The maximum atomic E-state index is 5.46. The molecule has 0 bridgehead atoms. The molecule has 0 atom stereocenters. The van der Waals surface area contributed by atoms with E-state index < -0.39 is 0 Å². The predicted octanol–water partition coefficient (Wildman–Crippen LogP) is 2.93. The Morgan fingerprint density at radius 3 is 2.33 bits per heavy atom. The number of nitrogens with zero attached hydrogens (tertiary/aromatic N) is 5. The fourth-order valence-corrected chi connectivity index (χ4v) is 3.36. The normalized spacial score (nSPS) is 10.9. The Morgan fingerprint density at radius 2 is 1.67 bits per heavy atom. The van der Waals surface area contributed by atoms with Crippen LogP contribution in [0.2, 0.25) is 0 Å². The quantitative estimate of drug-likeness (QED) is 0.569. The van der Waals surface area contributed by atoms with Crippen LogP contribution >= 0.6 is 11.3 Å². The lowest BCUT2D eigenvalue weighted by atomic mass is 10.2. The Hall–Kier alpha value is -3.00. The van der Waals surface area contributed by atoms with Crippen LogP contribution in [0.3, 0.4) is 0 Å². The van der Waals surface area contributed by atoms with Crippen LogP contribution in [0, 0.1) is 0 Å². The minimum atomic E-state index is 0.670. The van der Waals surface area contributed by atoms with Crippen molar-refractivity contribution in [3.63, 3.8) is 0 Å². The lowest BCUT2D eigenvalue weighted by molar-refractivity contribution is 0.397. The molecule has 0 saturated carbocycles. The molecule has 0 fully saturated rings. The molecule has 4 aromatic rings. The highest BCUT2D eigenvalue weighted by Gasteiger charge is 2.20. The Labute approximate surface area is 141 Å². The zero-order valence-corrected chi connectivity index (χ0v) is 13.8. The number of hydrogen-bond acceptors (Lipinski definition) is 7. The minimum Gasteiger partial charge on any atom is -0.496 e. The SMILES string of the molecule is COc1cccc(OC)c1-c1nn2c(-c3ccncc3)nnc2s1. The molecule has 0 saturated heterocycles. The fraction of sp³-hybridized carbons (Fsp3) is 0.125. The molecule has 8 heteroatoms. The number of methoxy groups -OCH3 is 2. The molecule has 7 nitrogen and oxygen atoms in total. The van der Waals surface area contributed by atoms with Gasteiger partial charge in [0, 0.05) is 18.0 Å². The first-order chi connectivity index (χ1) is 11.8. The van der Waals surface area contributed by atoms with Crippen LogP contribution in [0.4, 0.5) is 0 Å². The first-order valence-electron chi connectivity index (χ1n) is 7.16. The number of hydrogen-bond donors (Lipinski definition) is 0. The molecular formula is C16H13N5O2S. The molecule has 3 heterocycles. The lowest BCUT2D eigenvalue weighted by Crippen LogP contribution is -1.95. The van der Waals surface area contributed by atoms with Crippen molar-refractivity contribution in [1.82, 2.24) is 24.8 Å². The number of pyridine rings is 1. The number of ether oxygens (including phenoxy) is 2. The third kappa shape index (κ3) is 2.28. The summed E-state index contributed by atoms with van der Waals surface area (Å²) in [6, 6.07) is 9.39.